The average molecular weight is 404 g/mol. The molecule has 1 N–H and O–H groups in total. The molecule has 2 heterocycles. The van der Waals surface area contributed by atoms with Crippen molar-refractivity contribution in [2.24, 2.45) is 0 Å². The number of nitrogens with one attached hydrogen (secondary N) is 1. The SMILES string of the molecule is CC(C)(Oc1ccc(Cl)cc1)C(=O)Nn1cnc2c(cnn2C(C)(C)C)c1=O. The fourth-order valence-electron chi connectivity index (χ4n) is 2.57. The lowest BCUT2D eigenvalue weighted by atomic mass is 10.1. The molecule has 9 heteroatoms. The summed E-state index contributed by atoms with van der Waals surface area (Å²) in [6.45, 7) is 9.10. The van der Waals surface area contributed by atoms with Crippen LogP contribution in [0.25, 0.3) is 11.0 Å². The minimum Gasteiger partial charge on any atom is -0.478 e. The number of ether oxygens (including phenoxy) is 1. The second-order valence-corrected chi connectivity index (χ2v) is 8.33. The molecule has 0 radical (unpaired) electrons. The maximum atomic E-state index is 12.7. The highest BCUT2D eigenvalue weighted by Gasteiger charge is 2.31. The van der Waals surface area contributed by atoms with Crippen molar-refractivity contribution in [2.45, 2.75) is 45.8 Å². The number of amides is 1. The zero-order valence-corrected chi connectivity index (χ0v) is 17.1. The van der Waals surface area contributed by atoms with Gasteiger partial charge in [-0.15, -0.1) is 0 Å². The number of halogens is 1. The topological polar surface area (TPSA) is 91.0 Å². The second-order valence-electron chi connectivity index (χ2n) is 7.89. The van der Waals surface area contributed by atoms with Crippen LogP contribution in [0.2, 0.25) is 5.02 Å². The molecule has 2 aromatic heterocycles. The van der Waals surface area contributed by atoms with E-state index in [1.807, 2.05) is 20.8 Å². The predicted molar refractivity (Wildman–Crippen MR) is 107 cm³/mol. The van der Waals surface area contributed by atoms with Crippen LogP contribution in [-0.2, 0) is 10.3 Å². The van der Waals surface area contributed by atoms with E-state index in [2.05, 4.69) is 15.5 Å². The number of rotatable bonds is 4. The van der Waals surface area contributed by atoms with Gasteiger partial charge in [0.2, 0.25) is 0 Å². The van der Waals surface area contributed by atoms with Crippen molar-refractivity contribution >= 4 is 28.5 Å². The summed E-state index contributed by atoms with van der Waals surface area (Å²) < 4.78 is 8.45. The Balaban J connectivity index is 1.85. The minimum absolute atomic E-state index is 0.314. The van der Waals surface area contributed by atoms with E-state index in [-0.39, 0.29) is 5.54 Å². The third-order valence-electron chi connectivity index (χ3n) is 4.08. The molecule has 0 bridgehead atoms. The molecular weight excluding hydrogens is 382 g/mol. The lowest BCUT2D eigenvalue weighted by Crippen LogP contribution is -2.47. The van der Waals surface area contributed by atoms with Crippen molar-refractivity contribution in [3.8, 4) is 5.75 Å². The van der Waals surface area contributed by atoms with Crippen LogP contribution in [0.3, 0.4) is 0 Å². The van der Waals surface area contributed by atoms with Gasteiger partial charge in [0.25, 0.3) is 11.5 Å². The van der Waals surface area contributed by atoms with E-state index in [0.717, 1.165) is 4.68 Å². The first-order chi connectivity index (χ1) is 13.0. The van der Waals surface area contributed by atoms with Crippen molar-refractivity contribution in [1.29, 1.82) is 0 Å². The largest absolute Gasteiger partial charge is 0.478 e. The van der Waals surface area contributed by atoms with Crippen LogP contribution in [0, 0.1) is 0 Å². The monoisotopic (exact) mass is 403 g/mol. The maximum Gasteiger partial charge on any atom is 0.283 e. The Hall–Kier alpha value is -2.87. The Morgan fingerprint density at radius 1 is 1.14 bits per heavy atom. The van der Waals surface area contributed by atoms with E-state index < -0.39 is 17.1 Å². The van der Waals surface area contributed by atoms with E-state index in [9.17, 15) is 9.59 Å². The minimum atomic E-state index is -1.24. The summed E-state index contributed by atoms with van der Waals surface area (Å²) in [6.07, 6.45) is 2.72. The second kappa shape index (κ2) is 6.94. The first kappa shape index (κ1) is 19.9. The Morgan fingerprint density at radius 2 is 1.79 bits per heavy atom. The van der Waals surface area contributed by atoms with Crippen LogP contribution < -0.4 is 15.7 Å². The van der Waals surface area contributed by atoms with E-state index in [0.29, 0.717) is 21.8 Å². The summed E-state index contributed by atoms with van der Waals surface area (Å²) in [7, 11) is 0. The fourth-order valence-corrected chi connectivity index (χ4v) is 2.70. The van der Waals surface area contributed by atoms with Crippen molar-refractivity contribution < 1.29 is 9.53 Å². The van der Waals surface area contributed by atoms with E-state index in [4.69, 9.17) is 16.3 Å². The van der Waals surface area contributed by atoms with Gasteiger partial charge in [0.15, 0.2) is 11.2 Å². The molecule has 148 valence electrons. The number of fused-ring (bicyclic) bond motifs is 1. The number of aromatic nitrogens is 4. The Kier molecular flexibility index (Phi) is 4.93. The number of carbonyl (C=O) groups is 1. The van der Waals surface area contributed by atoms with Crippen molar-refractivity contribution in [3.05, 3.63) is 52.2 Å². The van der Waals surface area contributed by atoms with Crippen molar-refractivity contribution in [2.75, 3.05) is 5.43 Å². The third-order valence-corrected chi connectivity index (χ3v) is 4.33. The summed E-state index contributed by atoms with van der Waals surface area (Å²) in [6, 6.07) is 6.66. The molecule has 0 unspecified atom stereocenters. The molecule has 0 aliphatic carbocycles. The smallest absolute Gasteiger partial charge is 0.283 e. The molecule has 8 nitrogen and oxygen atoms in total. The quantitative estimate of drug-likeness (QED) is 0.723. The van der Waals surface area contributed by atoms with E-state index in [1.165, 1.54) is 12.5 Å². The van der Waals surface area contributed by atoms with Crippen LogP contribution in [0.15, 0.2) is 41.6 Å². The first-order valence-corrected chi connectivity index (χ1v) is 9.09. The van der Waals surface area contributed by atoms with Crippen LogP contribution in [0.4, 0.5) is 0 Å². The number of benzene rings is 1. The van der Waals surface area contributed by atoms with Gasteiger partial charge in [-0.2, -0.15) is 5.10 Å². The average Bonchev–Trinajstić information content (AvgIpc) is 3.04. The first-order valence-electron chi connectivity index (χ1n) is 8.71. The van der Waals surface area contributed by atoms with Gasteiger partial charge in [-0.25, -0.2) is 14.3 Å². The van der Waals surface area contributed by atoms with Gasteiger partial charge in [-0.05, 0) is 58.9 Å². The van der Waals surface area contributed by atoms with Gasteiger partial charge in [0, 0.05) is 5.02 Å². The van der Waals surface area contributed by atoms with Gasteiger partial charge in [0.1, 0.15) is 17.5 Å². The zero-order chi connectivity index (χ0) is 20.7. The van der Waals surface area contributed by atoms with Gasteiger partial charge < -0.3 is 4.74 Å². The molecule has 0 spiro atoms. The highest BCUT2D eigenvalue weighted by atomic mass is 35.5. The molecule has 0 saturated carbocycles. The van der Waals surface area contributed by atoms with Gasteiger partial charge >= 0.3 is 0 Å². The van der Waals surface area contributed by atoms with Crippen molar-refractivity contribution in [1.82, 2.24) is 19.4 Å². The lowest BCUT2D eigenvalue weighted by molar-refractivity contribution is -0.129. The van der Waals surface area contributed by atoms with Crippen LogP contribution >= 0.6 is 11.6 Å². The molecule has 1 aromatic carbocycles. The number of nitrogens with zero attached hydrogens (tertiary/aromatic N) is 4. The van der Waals surface area contributed by atoms with Crippen molar-refractivity contribution in [3.63, 3.8) is 0 Å². The number of hydrogen-bond donors (Lipinski definition) is 1. The highest BCUT2D eigenvalue weighted by Crippen LogP contribution is 2.21. The van der Waals surface area contributed by atoms with Gasteiger partial charge in [-0.1, -0.05) is 11.6 Å². The van der Waals surface area contributed by atoms with Crippen LogP contribution in [0.1, 0.15) is 34.6 Å². The summed E-state index contributed by atoms with van der Waals surface area (Å²) >= 11 is 5.86. The summed E-state index contributed by atoms with van der Waals surface area (Å²) in [5.74, 6) is -0.0224. The Morgan fingerprint density at radius 3 is 2.39 bits per heavy atom. The molecule has 0 fully saturated rings. The highest BCUT2D eigenvalue weighted by molar-refractivity contribution is 6.30. The zero-order valence-electron chi connectivity index (χ0n) is 16.4. The molecule has 28 heavy (non-hydrogen) atoms. The van der Waals surface area contributed by atoms with Gasteiger partial charge in [-0.3, -0.25) is 15.0 Å². The fraction of sp³-hybridized carbons (Fsp3) is 0.368. The van der Waals surface area contributed by atoms with E-state index in [1.54, 1.807) is 42.8 Å². The summed E-state index contributed by atoms with van der Waals surface area (Å²) in [4.78, 5) is 29.7. The van der Waals surface area contributed by atoms with Crippen LogP contribution in [-0.4, -0.2) is 30.9 Å². The standard InChI is InChI=1S/C19H22ClN5O3/c1-18(2,3)25-15-14(10-22-25)16(26)24(11-21-15)23-17(27)19(4,5)28-13-8-6-12(20)7-9-13/h6-11H,1-5H3,(H,23,27). The molecule has 1 amide bonds. The molecule has 3 rings (SSSR count). The predicted octanol–water partition coefficient (Wildman–Crippen LogP) is 2.93. The molecule has 3 aromatic rings. The Bertz CT molecular complexity index is 1080. The Labute approximate surface area is 167 Å². The normalized spacial score (nSPS) is 12.2. The molecule has 0 atom stereocenters. The molecule has 0 aliphatic rings. The molecule has 0 aliphatic heterocycles. The number of carbonyl (C=O) groups excluding carboxylic acids is 1. The van der Waals surface area contributed by atoms with Gasteiger partial charge in [0.05, 0.1) is 11.7 Å². The molecular formula is C19H22ClN5O3. The number of hydrogen-bond acceptors (Lipinski definition) is 5. The third kappa shape index (κ3) is 3.87. The maximum absolute atomic E-state index is 12.7. The lowest BCUT2D eigenvalue weighted by Gasteiger charge is -2.25. The summed E-state index contributed by atoms with van der Waals surface area (Å²) in [5.41, 5.74) is 1.01. The van der Waals surface area contributed by atoms with Crippen LogP contribution in [0.5, 0.6) is 5.75 Å². The molecule has 0 saturated heterocycles. The summed E-state index contributed by atoms with van der Waals surface area (Å²) in [5, 5.41) is 5.13. The van der Waals surface area contributed by atoms with E-state index >= 15 is 0 Å².